The van der Waals surface area contributed by atoms with Crippen molar-refractivity contribution in [1.29, 1.82) is 0 Å². The molecule has 0 amide bonds. The van der Waals surface area contributed by atoms with E-state index in [9.17, 15) is 4.79 Å². The molecule has 0 spiro atoms. The fourth-order valence-corrected chi connectivity index (χ4v) is 1.99. The molecule has 0 saturated heterocycles. The Morgan fingerprint density at radius 1 is 1.25 bits per heavy atom. The van der Waals surface area contributed by atoms with Crippen LogP contribution >= 0.6 is 0 Å². The van der Waals surface area contributed by atoms with Crippen LogP contribution < -0.4 is 4.74 Å². The van der Waals surface area contributed by atoms with Crippen molar-refractivity contribution in [3.05, 3.63) is 58.9 Å². The Morgan fingerprint density at radius 2 is 2.00 bits per heavy atom. The van der Waals surface area contributed by atoms with Crippen LogP contribution in [-0.2, 0) is 13.0 Å². The minimum absolute atomic E-state index is 0.222. The quantitative estimate of drug-likeness (QED) is 0.907. The van der Waals surface area contributed by atoms with Crippen molar-refractivity contribution in [2.75, 3.05) is 0 Å². The number of carbonyl (C=O) groups is 1. The summed E-state index contributed by atoms with van der Waals surface area (Å²) < 4.78 is 5.73. The molecule has 0 aliphatic carbocycles. The van der Waals surface area contributed by atoms with Crippen LogP contribution in [0.4, 0.5) is 0 Å². The van der Waals surface area contributed by atoms with E-state index >= 15 is 0 Å². The SMILES string of the molecule is CCc1nc(C)ccc1OCc1ccccc1C(=O)O. The number of rotatable bonds is 5. The molecule has 0 aliphatic heterocycles. The molecule has 0 unspecified atom stereocenters. The first kappa shape index (κ1) is 14.1. The van der Waals surface area contributed by atoms with Crippen LogP contribution in [0.2, 0.25) is 0 Å². The van der Waals surface area contributed by atoms with Crippen LogP contribution in [0.5, 0.6) is 5.75 Å². The lowest BCUT2D eigenvalue weighted by molar-refractivity contribution is 0.0694. The summed E-state index contributed by atoms with van der Waals surface area (Å²) in [6.07, 6.45) is 0.775. The fourth-order valence-electron chi connectivity index (χ4n) is 1.99. The number of hydrogen-bond donors (Lipinski definition) is 1. The molecule has 1 aromatic heterocycles. The van der Waals surface area contributed by atoms with Crippen molar-refractivity contribution in [2.45, 2.75) is 26.9 Å². The number of aromatic nitrogens is 1. The van der Waals surface area contributed by atoms with Gasteiger partial charge in [-0.3, -0.25) is 4.98 Å². The Hall–Kier alpha value is -2.36. The van der Waals surface area contributed by atoms with Crippen molar-refractivity contribution in [3.8, 4) is 5.75 Å². The van der Waals surface area contributed by atoms with Gasteiger partial charge in [-0.25, -0.2) is 4.79 Å². The molecule has 1 N–H and O–H groups in total. The topological polar surface area (TPSA) is 59.4 Å². The third kappa shape index (κ3) is 3.15. The summed E-state index contributed by atoms with van der Waals surface area (Å²) in [6, 6.07) is 10.6. The van der Waals surface area contributed by atoms with E-state index in [4.69, 9.17) is 9.84 Å². The monoisotopic (exact) mass is 271 g/mol. The molecular weight excluding hydrogens is 254 g/mol. The van der Waals surface area contributed by atoms with E-state index in [1.165, 1.54) is 0 Å². The Labute approximate surface area is 118 Å². The molecule has 0 bridgehead atoms. The van der Waals surface area contributed by atoms with Crippen LogP contribution in [0.1, 0.15) is 34.2 Å². The van der Waals surface area contributed by atoms with Crippen LogP contribution in [0, 0.1) is 6.92 Å². The maximum absolute atomic E-state index is 11.1. The molecule has 0 saturated carbocycles. The second kappa shape index (κ2) is 6.19. The summed E-state index contributed by atoms with van der Waals surface area (Å²) in [4.78, 5) is 15.6. The standard InChI is InChI=1S/C16H17NO3/c1-3-14-15(9-8-11(2)17-14)20-10-12-6-4-5-7-13(12)16(18)19/h4-9H,3,10H2,1-2H3,(H,18,19). The molecule has 1 heterocycles. The van der Waals surface area contributed by atoms with Gasteiger partial charge in [0, 0.05) is 11.3 Å². The first-order valence-corrected chi connectivity index (χ1v) is 6.52. The van der Waals surface area contributed by atoms with Gasteiger partial charge in [0.15, 0.2) is 0 Å². The van der Waals surface area contributed by atoms with Crippen molar-refractivity contribution >= 4 is 5.97 Å². The number of carboxylic acid groups (broad SMARTS) is 1. The molecule has 0 atom stereocenters. The highest BCUT2D eigenvalue weighted by Gasteiger charge is 2.10. The van der Waals surface area contributed by atoms with Crippen LogP contribution in [0.15, 0.2) is 36.4 Å². The largest absolute Gasteiger partial charge is 0.487 e. The summed E-state index contributed by atoms with van der Waals surface area (Å²) in [5.74, 6) is -0.236. The van der Waals surface area contributed by atoms with Gasteiger partial charge in [0.25, 0.3) is 0 Å². The average Bonchev–Trinajstić information content (AvgIpc) is 2.46. The lowest BCUT2D eigenvalue weighted by Crippen LogP contribution is -2.06. The highest BCUT2D eigenvalue weighted by atomic mass is 16.5. The summed E-state index contributed by atoms with van der Waals surface area (Å²) in [6.45, 7) is 4.17. The van der Waals surface area contributed by atoms with Gasteiger partial charge in [0.1, 0.15) is 12.4 Å². The normalized spacial score (nSPS) is 10.3. The molecule has 20 heavy (non-hydrogen) atoms. The molecular formula is C16H17NO3. The number of benzene rings is 1. The maximum atomic E-state index is 11.1. The van der Waals surface area contributed by atoms with Gasteiger partial charge in [0.05, 0.1) is 11.3 Å². The van der Waals surface area contributed by atoms with Gasteiger partial charge < -0.3 is 9.84 Å². The second-order valence-electron chi connectivity index (χ2n) is 4.50. The molecule has 2 aromatic rings. The molecule has 4 heteroatoms. The summed E-state index contributed by atoms with van der Waals surface area (Å²) >= 11 is 0. The van der Waals surface area contributed by atoms with E-state index in [1.807, 2.05) is 26.0 Å². The van der Waals surface area contributed by atoms with E-state index in [1.54, 1.807) is 24.3 Å². The maximum Gasteiger partial charge on any atom is 0.336 e. The lowest BCUT2D eigenvalue weighted by atomic mass is 10.1. The molecule has 0 fully saturated rings. The Balaban J connectivity index is 2.19. The third-order valence-corrected chi connectivity index (χ3v) is 3.04. The summed E-state index contributed by atoms with van der Waals surface area (Å²) in [7, 11) is 0. The predicted octanol–water partition coefficient (Wildman–Crippen LogP) is 3.23. The van der Waals surface area contributed by atoms with E-state index in [-0.39, 0.29) is 12.2 Å². The van der Waals surface area contributed by atoms with Gasteiger partial charge in [-0.2, -0.15) is 0 Å². The first-order valence-electron chi connectivity index (χ1n) is 6.52. The van der Waals surface area contributed by atoms with Gasteiger partial charge in [-0.1, -0.05) is 25.1 Å². The minimum atomic E-state index is -0.943. The van der Waals surface area contributed by atoms with E-state index < -0.39 is 5.97 Å². The van der Waals surface area contributed by atoms with Crippen molar-refractivity contribution in [1.82, 2.24) is 4.98 Å². The second-order valence-corrected chi connectivity index (χ2v) is 4.50. The molecule has 4 nitrogen and oxygen atoms in total. The Bertz CT molecular complexity index is 623. The lowest BCUT2D eigenvalue weighted by Gasteiger charge is -2.11. The number of aromatic carboxylic acids is 1. The van der Waals surface area contributed by atoms with Crippen molar-refractivity contribution in [3.63, 3.8) is 0 Å². The minimum Gasteiger partial charge on any atom is -0.487 e. The molecule has 104 valence electrons. The van der Waals surface area contributed by atoms with Crippen LogP contribution in [0.3, 0.4) is 0 Å². The first-order chi connectivity index (χ1) is 9.61. The van der Waals surface area contributed by atoms with Gasteiger partial charge >= 0.3 is 5.97 Å². The highest BCUT2D eigenvalue weighted by molar-refractivity contribution is 5.89. The molecule has 2 rings (SSSR count). The van der Waals surface area contributed by atoms with Crippen LogP contribution in [0.25, 0.3) is 0 Å². The highest BCUT2D eigenvalue weighted by Crippen LogP contribution is 2.20. The zero-order chi connectivity index (χ0) is 14.5. The van der Waals surface area contributed by atoms with Crippen molar-refractivity contribution in [2.24, 2.45) is 0 Å². The number of hydrogen-bond acceptors (Lipinski definition) is 3. The van der Waals surface area contributed by atoms with Crippen molar-refractivity contribution < 1.29 is 14.6 Å². The Morgan fingerprint density at radius 3 is 2.70 bits per heavy atom. The molecule has 1 aromatic carbocycles. The molecule has 0 radical (unpaired) electrons. The summed E-state index contributed by atoms with van der Waals surface area (Å²) in [5, 5.41) is 9.13. The third-order valence-electron chi connectivity index (χ3n) is 3.04. The predicted molar refractivity (Wildman–Crippen MR) is 76.1 cm³/mol. The smallest absolute Gasteiger partial charge is 0.336 e. The Kier molecular flexibility index (Phi) is 4.35. The van der Waals surface area contributed by atoms with Gasteiger partial charge in [-0.15, -0.1) is 0 Å². The number of pyridine rings is 1. The summed E-state index contributed by atoms with van der Waals surface area (Å²) in [5.41, 5.74) is 2.76. The fraction of sp³-hybridized carbons (Fsp3) is 0.250. The number of nitrogens with zero attached hydrogens (tertiary/aromatic N) is 1. The number of carboxylic acids is 1. The number of aryl methyl sites for hydroxylation is 2. The van der Waals surface area contributed by atoms with Crippen LogP contribution in [-0.4, -0.2) is 16.1 Å². The van der Waals surface area contributed by atoms with Gasteiger partial charge in [-0.05, 0) is 31.5 Å². The molecule has 0 aliphatic rings. The zero-order valence-corrected chi connectivity index (χ0v) is 11.6. The zero-order valence-electron chi connectivity index (χ0n) is 11.6. The number of ether oxygens (including phenoxy) is 1. The van der Waals surface area contributed by atoms with E-state index in [2.05, 4.69) is 4.98 Å². The average molecular weight is 271 g/mol. The van der Waals surface area contributed by atoms with Gasteiger partial charge in [0.2, 0.25) is 0 Å². The van der Waals surface area contributed by atoms with E-state index in [0.29, 0.717) is 11.3 Å². The van der Waals surface area contributed by atoms with E-state index in [0.717, 1.165) is 17.8 Å².